The first kappa shape index (κ1) is 14.7. The zero-order valence-corrected chi connectivity index (χ0v) is 12.7. The molecule has 0 bridgehead atoms. The first-order chi connectivity index (χ1) is 7.68. The van der Waals surface area contributed by atoms with E-state index < -0.39 is 10.0 Å². The van der Waals surface area contributed by atoms with E-state index >= 15 is 0 Å². The lowest BCUT2D eigenvalue weighted by atomic mass is 10.0. The van der Waals surface area contributed by atoms with Gasteiger partial charge in [-0.05, 0) is 23.1 Å². The van der Waals surface area contributed by atoms with Crippen LogP contribution in [0.4, 0.5) is 0 Å². The van der Waals surface area contributed by atoms with Crippen molar-refractivity contribution in [2.75, 3.05) is 5.75 Å². The Kier molecular flexibility index (Phi) is 4.75. The van der Waals surface area contributed by atoms with Crippen LogP contribution in [0.5, 0.6) is 0 Å². The van der Waals surface area contributed by atoms with E-state index in [1.165, 1.54) is 0 Å². The smallest absolute Gasteiger partial charge is 0.212 e. The monoisotopic (exact) mass is 319 g/mol. The van der Waals surface area contributed by atoms with Crippen molar-refractivity contribution in [3.8, 4) is 0 Å². The van der Waals surface area contributed by atoms with Gasteiger partial charge in [0.15, 0.2) is 0 Å². The normalized spacial score (nSPS) is 12.7. The summed E-state index contributed by atoms with van der Waals surface area (Å²) in [5, 5.41) is 0. The first-order valence-corrected chi connectivity index (χ1v) is 7.84. The average molecular weight is 320 g/mol. The fraction of sp³-hybridized carbons (Fsp3) is 0.500. The second-order valence-electron chi connectivity index (χ2n) is 5.27. The third kappa shape index (κ3) is 6.19. The number of sulfonamides is 1. The summed E-state index contributed by atoms with van der Waals surface area (Å²) >= 11 is 3.35. The van der Waals surface area contributed by atoms with Crippen LogP contribution in [0.25, 0.3) is 0 Å². The largest absolute Gasteiger partial charge is 0.212 e. The van der Waals surface area contributed by atoms with E-state index in [2.05, 4.69) is 20.7 Å². The Morgan fingerprint density at radius 2 is 1.94 bits per heavy atom. The topological polar surface area (TPSA) is 46.2 Å². The lowest BCUT2D eigenvalue weighted by Gasteiger charge is -2.18. The van der Waals surface area contributed by atoms with E-state index in [1.54, 1.807) is 0 Å². The minimum Gasteiger partial charge on any atom is -0.212 e. The first-order valence-electron chi connectivity index (χ1n) is 5.40. The Bertz CT molecular complexity index is 478. The maximum Gasteiger partial charge on any atom is 0.212 e. The van der Waals surface area contributed by atoms with Crippen molar-refractivity contribution in [3.63, 3.8) is 0 Å². The van der Waals surface area contributed by atoms with Gasteiger partial charge in [0.2, 0.25) is 10.0 Å². The number of hydrogen-bond donors (Lipinski definition) is 1. The molecule has 1 aromatic rings. The Morgan fingerprint density at radius 1 is 1.29 bits per heavy atom. The summed E-state index contributed by atoms with van der Waals surface area (Å²) in [7, 11) is -3.22. The molecule has 0 saturated carbocycles. The fourth-order valence-electron chi connectivity index (χ4n) is 1.46. The summed E-state index contributed by atoms with van der Waals surface area (Å²) in [4.78, 5) is 0. The van der Waals surface area contributed by atoms with Gasteiger partial charge in [-0.1, -0.05) is 48.8 Å². The summed E-state index contributed by atoms with van der Waals surface area (Å²) in [6, 6.07) is 7.59. The van der Waals surface area contributed by atoms with Gasteiger partial charge in [-0.15, -0.1) is 0 Å². The third-order valence-electron chi connectivity index (χ3n) is 2.01. The van der Waals surface area contributed by atoms with Crippen LogP contribution < -0.4 is 4.72 Å². The predicted molar refractivity (Wildman–Crippen MR) is 74.2 cm³/mol. The van der Waals surface area contributed by atoms with Crippen LogP contribution in [0, 0.1) is 5.41 Å². The average Bonchev–Trinajstić information content (AvgIpc) is 2.11. The molecular weight excluding hydrogens is 302 g/mol. The molecule has 0 saturated heterocycles. The Hall–Kier alpha value is -0.390. The molecule has 0 radical (unpaired) electrons. The Balaban J connectivity index is 2.62. The highest BCUT2D eigenvalue weighted by Gasteiger charge is 2.20. The minimum atomic E-state index is -3.22. The van der Waals surface area contributed by atoms with Gasteiger partial charge in [-0.3, -0.25) is 0 Å². The van der Waals surface area contributed by atoms with Gasteiger partial charge < -0.3 is 0 Å². The summed E-state index contributed by atoms with van der Waals surface area (Å²) in [6.07, 6.45) is 0. The van der Waals surface area contributed by atoms with Crippen molar-refractivity contribution >= 4 is 26.0 Å². The van der Waals surface area contributed by atoms with Gasteiger partial charge in [0, 0.05) is 11.0 Å². The maximum absolute atomic E-state index is 11.8. The SMILES string of the molecule is CC(C)(C)CS(=O)(=O)NCc1cccc(Br)c1. The maximum atomic E-state index is 11.8. The molecule has 0 fully saturated rings. The lowest BCUT2D eigenvalue weighted by molar-refractivity contribution is 0.458. The quantitative estimate of drug-likeness (QED) is 0.927. The molecule has 17 heavy (non-hydrogen) atoms. The second kappa shape index (κ2) is 5.50. The third-order valence-corrected chi connectivity index (χ3v) is 4.33. The van der Waals surface area contributed by atoms with Gasteiger partial charge >= 0.3 is 0 Å². The van der Waals surface area contributed by atoms with Crippen LogP contribution in [0.2, 0.25) is 0 Å². The summed E-state index contributed by atoms with van der Waals surface area (Å²) in [5.74, 6) is 0.133. The molecule has 0 aliphatic rings. The molecular formula is C12H18BrNO2S. The molecule has 0 amide bonds. The van der Waals surface area contributed by atoms with Crippen LogP contribution in [0.3, 0.4) is 0 Å². The number of halogens is 1. The van der Waals surface area contributed by atoms with Crippen molar-refractivity contribution in [1.82, 2.24) is 4.72 Å². The van der Waals surface area contributed by atoms with Crippen molar-refractivity contribution in [1.29, 1.82) is 0 Å². The highest BCUT2D eigenvalue weighted by Crippen LogP contribution is 2.16. The molecule has 0 aliphatic carbocycles. The highest BCUT2D eigenvalue weighted by atomic mass is 79.9. The zero-order valence-electron chi connectivity index (χ0n) is 10.3. The van der Waals surface area contributed by atoms with E-state index in [1.807, 2.05) is 45.0 Å². The van der Waals surface area contributed by atoms with Crippen LogP contribution >= 0.6 is 15.9 Å². The highest BCUT2D eigenvalue weighted by molar-refractivity contribution is 9.10. The molecule has 1 rings (SSSR count). The molecule has 3 nitrogen and oxygen atoms in total. The second-order valence-corrected chi connectivity index (χ2v) is 7.99. The molecule has 0 atom stereocenters. The molecule has 1 N–H and O–H groups in total. The minimum absolute atomic E-state index is 0.133. The number of rotatable bonds is 4. The molecule has 0 unspecified atom stereocenters. The molecule has 1 aromatic carbocycles. The molecule has 0 spiro atoms. The van der Waals surface area contributed by atoms with E-state index in [0.717, 1.165) is 10.0 Å². The summed E-state index contributed by atoms with van der Waals surface area (Å²) in [5.41, 5.74) is 0.709. The van der Waals surface area contributed by atoms with Crippen molar-refractivity contribution < 1.29 is 8.42 Å². The van der Waals surface area contributed by atoms with Crippen LogP contribution in [-0.4, -0.2) is 14.2 Å². The molecule has 0 aliphatic heterocycles. The standard InChI is InChI=1S/C12H18BrNO2S/c1-12(2,3)9-17(15,16)14-8-10-5-4-6-11(13)7-10/h4-7,14H,8-9H2,1-3H3. The summed E-state index contributed by atoms with van der Waals surface area (Å²) < 4.78 is 27.1. The molecule has 96 valence electrons. The fourth-order valence-corrected chi connectivity index (χ4v) is 3.54. The van der Waals surface area contributed by atoms with Crippen molar-refractivity contribution in [2.24, 2.45) is 5.41 Å². The molecule has 0 aromatic heterocycles. The number of nitrogens with one attached hydrogen (secondary N) is 1. The van der Waals surface area contributed by atoms with Gasteiger partial charge in [0.1, 0.15) is 0 Å². The van der Waals surface area contributed by atoms with Crippen molar-refractivity contribution in [2.45, 2.75) is 27.3 Å². The zero-order chi connectivity index (χ0) is 13.1. The molecule has 5 heteroatoms. The van der Waals surface area contributed by atoms with Gasteiger partial charge in [-0.25, -0.2) is 13.1 Å². The molecule has 0 heterocycles. The Labute approximate surface area is 112 Å². The number of hydrogen-bond acceptors (Lipinski definition) is 2. The summed E-state index contributed by atoms with van der Waals surface area (Å²) in [6.45, 7) is 6.06. The van der Waals surface area contributed by atoms with Crippen LogP contribution in [0.1, 0.15) is 26.3 Å². The van der Waals surface area contributed by atoms with Crippen molar-refractivity contribution in [3.05, 3.63) is 34.3 Å². The van der Waals surface area contributed by atoms with Crippen LogP contribution in [-0.2, 0) is 16.6 Å². The Morgan fingerprint density at radius 3 is 2.47 bits per heavy atom. The van der Waals surface area contributed by atoms with Gasteiger partial charge in [-0.2, -0.15) is 0 Å². The predicted octanol–water partition coefficient (Wildman–Crippen LogP) is 2.91. The van der Waals surface area contributed by atoms with Gasteiger partial charge in [0.25, 0.3) is 0 Å². The van der Waals surface area contributed by atoms with E-state index in [9.17, 15) is 8.42 Å². The van der Waals surface area contributed by atoms with E-state index in [4.69, 9.17) is 0 Å². The van der Waals surface area contributed by atoms with E-state index in [-0.39, 0.29) is 11.2 Å². The van der Waals surface area contributed by atoms with Gasteiger partial charge in [0.05, 0.1) is 5.75 Å². The lowest BCUT2D eigenvalue weighted by Crippen LogP contribution is -2.31. The van der Waals surface area contributed by atoms with E-state index in [0.29, 0.717) is 6.54 Å². The number of benzene rings is 1. The van der Waals surface area contributed by atoms with Crippen LogP contribution in [0.15, 0.2) is 28.7 Å².